The van der Waals surface area contributed by atoms with Gasteiger partial charge in [0.15, 0.2) is 15.5 Å². The molecule has 0 amide bonds. The van der Waals surface area contributed by atoms with Crippen LogP contribution in [0.25, 0.3) is 0 Å². The van der Waals surface area contributed by atoms with E-state index >= 15 is 0 Å². The zero-order chi connectivity index (χ0) is 17.6. The van der Waals surface area contributed by atoms with Crippen LogP contribution in [0.4, 0.5) is 0 Å². The van der Waals surface area contributed by atoms with Crippen molar-refractivity contribution in [3.8, 4) is 5.75 Å². The first kappa shape index (κ1) is 16.6. The summed E-state index contributed by atoms with van der Waals surface area (Å²) in [6.07, 6.45) is 0. The van der Waals surface area contributed by atoms with Gasteiger partial charge in [0.2, 0.25) is 4.90 Å². The fourth-order valence-corrected chi connectivity index (χ4v) is 7.16. The molecule has 1 aliphatic heterocycles. The van der Waals surface area contributed by atoms with E-state index in [-0.39, 0.29) is 10.9 Å². The zero-order valence-corrected chi connectivity index (χ0v) is 16.2. The van der Waals surface area contributed by atoms with Gasteiger partial charge in [-0.25, -0.2) is 0 Å². The van der Waals surface area contributed by atoms with Crippen molar-refractivity contribution < 1.29 is 5.11 Å². The third-order valence-electron chi connectivity index (χ3n) is 4.55. The summed E-state index contributed by atoms with van der Waals surface area (Å²) in [5.74, 6) is 0.842. The molecule has 1 heterocycles. The predicted octanol–water partition coefficient (Wildman–Crippen LogP) is 6.38. The molecule has 0 spiro atoms. The summed E-state index contributed by atoms with van der Waals surface area (Å²) in [6.45, 7) is 6.51. The summed E-state index contributed by atoms with van der Waals surface area (Å²) in [5.41, 5.74) is 2.47. The third kappa shape index (κ3) is 2.86. The van der Waals surface area contributed by atoms with Crippen molar-refractivity contribution in [1.29, 1.82) is 0 Å². The van der Waals surface area contributed by atoms with Gasteiger partial charge in [-0.2, -0.15) is 0 Å². The highest BCUT2D eigenvalue weighted by Gasteiger charge is 2.40. The molecule has 0 atom stereocenters. The SMILES string of the molecule is Cc1cc(O)c([S+]2c3ccccc3Sc3ccccc32)cc1C(C)C. The van der Waals surface area contributed by atoms with E-state index in [1.807, 2.05) is 17.8 Å². The first-order valence-electron chi connectivity index (χ1n) is 8.50. The summed E-state index contributed by atoms with van der Waals surface area (Å²) in [7, 11) is -0.275. The van der Waals surface area contributed by atoms with Crippen LogP contribution >= 0.6 is 11.8 Å². The highest BCUT2D eigenvalue weighted by molar-refractivity contribution is 8.04. The molecule has 0 saturated heterocycles. The molecular weight excluding hydrogens is 344 g/mol. The van der Waals surface area contributed by atoms with Crippen LogP contribution in [-0.2, 0) is 10.9 Å². The van der Waals surface area contributed by atoms with Crippen LogP contribution in [-0.4, -0.2) is 5.11 Å². The minimum Gasteiger partial charge on any atom is -0.503 e. The smallest absolute Gasteiger partial charge is 0.208 e. The van der Waals surface area contributed by atoms with E-state index in [1.54, 1.807) is 0 Å². The summed E-state index contributed by atoms with van der Waals surface area (Å²) in [4.78, 5) is 6.22. The van der Waals surface area contributed by atoms with Gasteiger partial charge >= 0.3 is 0 Å². The van der Waals surface area contributed by atoms with Crippen molar-refractivity contribution >= 4 is 22.7 Å². The molecule has 3 heteroatoms. The molecule has 0 fully saturated rings. The van der Waals surface area contributed by atoms with Crippen LogP contribution < -0.4 is 0 Å². The minimum absolute atomic E-state index is 0.275. The molecule has 126 valence electrons. The second-order valence-electron chi connectivity index (χ2n) is 6.63. The highest BCUT2D eigenvalue weighted by Crippen LogP contribution is 2.50. The monoisotopic (exact) mass is 365 g/mol. The number of hydrogen-bond donors (Lipinski definition) is 1. The molecule has 4 rings (SSSR count). The van der Waals surface area contributed by atoms with Gasteiger partial charge in [-0.1, -0.05) is 49.9 Å². The highest BCUT2D eigenvalue weighted by atomic mass is 32.2. The van der Waals surface area contributed by atoms with Crippen LogP contribution in [0.15, 0.2) is 85.1 Å². The van der Waals surface area contributed by atoms with Crippen LogP contribution in [0, 0.1) is 6.92 Å². The van der Waals surface area contributed by atoms with Crippen LogP contribution in [0.5, 0.6) is 5.75 Å². The van der Waals surface area contributed by atoms with E-state index in [4.69, 9.17) is 0 Å². The number of aryl methyl sites for hydroxylation is 1. The van der Waals surface area contributed by atoms with Gasteiger partial charge in [-0.05, 0) is 54.3 Å². The van der Waals surface area contributed by atoms with Gasteiger partial charge in [-0.3, -0.25) is 0 Å². The zero-order valence-electron chi connectivity index (χ0n) is 14.6. The maximum atomic E-state index is 10.8. The Labute approximate surface area is 156 Å². The predicted molar refractivity (Wildman–Crippen MR) is 106 cm³/mol. The fourth-order valence-electron chi connectivity index (χ4n) is 3.35. The molecule has 3 aromatic carbocycles. The average molecular weight is 366 g/mol. The molecule has 0 radical (unpaired) electrons. The van der Waals surface area contributed by atoms with Crippen molar-refractivity contribution in [3.63, 3.8) is 0 Å². The largest absolute Gasteiger partial charge is 0.503 e. The van der Waals surface area contributed by atoms with Gasteiger partial charge in [-0.15, -0.1) is 0 Å². The average Bonchev–Trinajstić information content (AvgIpc) is 2.60. The van der Waals surface area contributed by atoms with E-state index in [0.717, 1.165) is 10.5 Å². The second kappa shape index (κ2) is 6.47. The second-order valence-corrected chi connectivity index (χ2v) is 9.65. The fraction of sp³-hybridized carbons (Fsp3) is 0.182. The maximum absolute atomic E-state index is 10.8. The van der Waals surface area contributed by atoms with Gasteiger partial charge in [0.1, 0.15) is 10.9 Å². The molecule has 0 bridgehead atoms. The minimum atomic E-state index is -0.275. The number of fused-ring (bicyclic) bond motifs is 2. The van der Waals surface area contributed by atoms with E-state index in [1.165, 1.54) is 25.1 Å². The number of benzene rings is 3. The summed E-state index contributed by atoms with van der Waals surface area (Å²) in [6, 6.07) is 21.3. The van der Waals surface area contributed by atoms with E-state index in [2.05, 4.69) is 75.4 Å². The van der Waals surface area contributed by atoms with Crippen molar-refractivity contribution in [2.45, 2.75) is 51.2 Å². The number of phenols is 1. The Bertz CT molecular complexity index is 901. The molecule has 0 saturated carbocycles. The van der Waals surface area contributed by atoms with Gasteiger partial charge < -0.3 is 5.11 Å². The molecule has 1 aliphatic rings. The van der Waals surface area contributed by atoms with E-state index in [0.29, 0.717) is 11.7 Å². The Morgan fingerprint density at radius 3 is 1.96 bits per heavy atom. The van der Waals surface area contributed by atoms with Crippen molar-refractivity contribution in [2.24, 2.45) is 0 Å². The molecule has 3 aromatic rings. The molecule has 0 unspecified atom stereocenters. The number of hydrogen-bond acceptors (Lipinski definition) is 2. The molecule has 1 nitrogen and oxygen atoms in total. The first-order valence-corrected chi connectivity index (χ1v) is 10.5. The van der Waals surface area contributed by atoms with Crippen LogP contribution in [0.2, 0.25) is 0 Å². The van der Waals surface area contributed by atoms with Gasteiger partial charge in [0, 0.05) is 6.07 Å². The third-order valence-corrected chi connectivity index (χ3v) is 8.32. The number of aromatic hydroxyl groups is 1. The molecule has 0 aromatic heterocycles. The number of rotatable bonds is 2. The Kier molecular flexibility index (Phi) is 4.30. The lowest BCUT2D eigenvalue weighted by Crippen LogP contribution is -2.12. The Morgan fingerprint density at radius 1 is 0.840 bits per heavy atom. The summed E-state index contributed by atoms with van der Waals surface area (Å²) >= 11 is 1.83. The van der Waals surface area contributed by atoms with Gasteiger partial charge in [0.05, 0.1) is 9.79 Å². The topological polar surface area (TPSA) is 20.2 Å². The van der Waals surface area contributed by atoms with Crippen molar-refractivity contribution in [3.05, 3.63) is 71.8 Å². The lowest BCUT2D eigenvalue weighted by molar-refractivity contribution is 0.460. The van der Waals surface area contributed by atoms with Gasteiger partial charge in [0.25, 0.3) is 0 Å². The van der Waals surface area contributed by atoms with E-state index in [9.17, 15) is 5.11 Å². The van der Waals surface area contributed by atoms with Crippen LogP contribution in [0.3, 0.4) is 0 Å². The maximum Gasteiger partial charge on any atom is 0.208 e. The lowest BCUT2D eigenvalue weighted by Gasteiger charge is -2.20. The Morgan fingerprint density at radius 2 is 1.40 bits per heavy atom. The Hall–Kier alpha value is -1.84. The number of phenolic OH excluding ortho intramolecular Hbond substituents is 1. The normalized spacial score (nSPS) is 13.6. The standard InChI is InChI=1S/C22H20OS2/c1-14(2)16-13-22(17(23)12-15(16)3)25-20-10-6-4-8-18(20)24-19-9-5-7-11-21(19)25/h4-14H,1-3H3/p+1. The van der Waals surface area contributed by atoms with Crippen molar-refractivity contribution in [2.75, 3.05) is 0 Å². The van der Waals surface area contributed by atoms with Crippen molar-refractivity contribution in [1.82, 2.24) is 0 Å². The molecule has 25 heavy (non-hydrogen) atoms. The Balaban J connectivity index is 1.99. The molecule has 0 aliphatic carbocycles. The lowest BCUT2D eigenvalue weighted by atomic mass is 9.98. The van der Waals surface area contributed by atoms with Crippen LogP contribution in [0.1, 0.15) is 30.9 Å². The summed E-state index contributed by atoms with van der Waals surface area (Å²) in [5, 5.41) is 10.8. The first-order chi connectivity index (χ1) is 12.1. The quantitative estimate of drug-likeness (QED) is 0.416. The molecule has 1 N–H and O–H groups in total. The van der Waals surface area contributed by atoms with E-state index < -0.39 is 0 Å². The summed E-state index contributed by atoms with van der Waals surface area (Å²) < 4.78 is 0. The molecular formula is C22H21OS2+.